The lowest BCUT2D eigenvalue weighted by Gasteiger charge is -2.38. The minimum atomic E-state index is -2.79. The van der Waals surface area contributed by atoms with Crippen LogP contribution in [0.2, 0.25) is 39.3 Å². The summed E-state index contributed by atoms with van der Waals surface area (Å²) in [6.45, 7) is 13.0. The van der Waals surface area contributed by atoms with Gasteiger partial charge in [-0.05, 0) is 39.3 Å². The number of hydrogen-bond donors (Lipinski definition) is 0. The summed E-state index contributed by atoms with van der Waals surface area (Å²) in [5.41, 5.74) is 0. The third-order valence-corrected chi connectivity index (χ3v) is 10.9. The standard InChI is InChI=1S/C13H26O3Si3/c1-14-19(15-17(2,3)4,16-18(5,6)7)13-11-9-8-10-12-13/h8-12H,1-7H3. The van der Waals surface area contributed by atoms with E-state index < -0.39 is 25.4 Å². The largest absolute Gasteiger partial charge is 0.515 e. The average Bonchev–Trinajstić information content (AvgIpc) is 2.25. The molecule has 0 saturated carbocycles. The van der Waals surface area contributed by atoms with Crippen molar-refractivity contribution in [2.75, 3.05) is 7.11 Å². The minimum Gasteiger partial charge on any atom is -0.413 e. The van der Waals surface area contributed by atoms with Crippen LogP contribution in [0.25, 0.3) is 0 Å². The summed E-state index contributed by atoms with van der Waals surface area (Å²) in [5.74, 6) is 0. The second kappa shape index (κ2) is 6.03. The van der Waals surface area contributed by atoms with Gasteiger partial charge in [0.2, 0.25) is 0 Å². The molecular formula is C13H26O3Si3. The Morgan fingerprint density at radius 1 is 0.737 bits per heavy atom. The summed E-state index contributed by atoms with van der Waals surface area (Å²) < 4.78 is 18.6. The molecule has 1 rings (SSSR count). The molecule has 0 unspecified atom stereocenters. The Morgan fingerprint density at radius 2 is 1.16 bits per heavy atom. The van der Waals surface area contributed by atoms with E-state index in [2.05, 4.69) is 51.4 Å². The third kappa shape index (κ3) is 5.33. The molecule has 1 aromatic carbocycles. The van der Waals surface area contributed by atoms with Crippen molar-refractivity contribution in [2.24, 2.45) is 0 Å². The van der Waals surface area contributed by atoms with Crippen molar-refractivity contribution in [3.8, 4) is 0 Å². The van der Waals surface area contributed by atoms with E-state index >= 15 is 0 Å². The second-order valence-corrected chi connectivity index (χ2v) is 18.7. The first-order chi connectivity index (χ1) is 8.58. The van der Waals surface area contributed by atoms with Gasteiger partial charge in [0.05, 0.1) is 0 Å². The fourth-order valence-electron chi connectivity index (χ4n) is 1.79. The highest BCUT2D eigenvalue weighted by molar-refractivity contribution is 6.91. The van der Waals surface area contributed by atoms with Crippen molar-refractivity contribution in [3.63, 3.8) is 0 Å². The molecule has 108 valence electrons. The predicted octanol–water partition coefficient (Wildman–Crippen LogP) is 3.18. The van der Waals surface area contributed by atoms with Gasteiger partial charge in [0.25, 0.3) is 0 Å². The van der Waals surface area contributed by atoms with Crippen LogP contribution in [0.5, 0.6) is 0 Å². The maximum atomic E-state index is 6.40. The molecule has 0 aliphatic rings. The van der Waals surface area contributed by atoms with Crippen molar-refractivity contribution in [1.82, 2.24) is 0 Å². The van der Waals surface area contributed by atoms with Crippen LogP contribution >= 0.6 is 0 Å². The van der Waals surface area contributed by atoms with Crippen molar-refractivity contribution in [2.45, 2.75) is 39.3 Å². The van der Waals surface area contributed by atoms with E-state index in [-0.39, 0.29) is 0 Å². The van der Waals surface area contributed by atoms with Gasteiger partial charge in [-0.2, -0.15) is 0 Å². The van der Waals surface area contributed by atoms with Gasteiger partial charge in [0.1, 0.15) is 0 Å². The van der Waals surface area contributed by atoms with E-state index in [1.54, 1.807) is 7.11 Å². The molecule has 0 saturated heterocycles. The van der Waals surface area contributed by atoms with Gasteiger partial charge in [-0.25, -0.2) is 0 Å². The smallest absolute Gasteiger partial charge is 0.413 e. The molecule has 0 fully saturated rings. The van der Waals surface area contributed by atoms with Crippen molar-refractivity contribution in [1.29, 1.82) is 0 Å². The van der Waals surface area contributed by atoms with Gasteiger partial charge in [-0.1, -0.05) is 30.3 Å². The molecule has 0 aliphatic heterocycles. The maximum absolute atomic E-state index is 6.40. The highest BCUT2D eigenvalue weighted by atomic mass is 28.5. The topological polar surface area (TPSA) is 27.7 Å². The van der Waals surface area contributed by atoms with Crippen LogP contribution in [0.3, 0.4) is 0 Å². The Kier molecular flexibility index (Phi) is 5.33. The monoisotopic (exact) mass is 314 g/mol. The molecule has 0 N–H and O–H groups in total. The summed E-state index contributed by atoms with van der Waals surface area (Å²) in [6, 6.07) is 10.1. The van der Waals surface area contributed by atoms with Crippen LogP contribution in [0.4, 0.5) is 0 Å². The van der Waals surface area contributed by atoms with E-state index in [0.29, 0.717) is 0 Å². The van der Waals surface area contributed by atoms with Crippen LogP contribution in [-0.2, 0) is 12.7 Å². The lowest BCUT2D eigenvalue weighted by Crippen LogP contribution is -2.63. The zero-order valence-electron chi connectivity index (χ0n) is 13.1. The molecule has 0 bridgehead atoms. The van der Waals surface area contributed by atoms with Crippen LogP contribution < -0.4 is 5.19 Å². The highest BCUT2D eigenvalue weighted by Gasteiger charge is 2.48. The molecule has 0 spiro atoms. The average molecular weight is 315 g/mol. The SMILES string of the molecule is CO[Si](O[Si](C)(C)C)(O[Si](C)(C)C)c1ccccc1. The maximum Gasteiger partial charge on any atom is 0.515 e. The van der Waals surface area contributed by atoms with Gasteiger partial charge >= 0.3 is 8.80 Å². The quantitative estimate of drug-likeness (QED) is 0.755. The summed E-state index contributed by atoms with van der Waals surface area (Å²) in [7, 11) is -4.61. The van der Waals surface area contributed by atoms with Crippen molar-refractivity contribution in [3.05, 3.63) is 30.3 Å². The van der Waals surface area contributed by atoms with Gasteiger partial charge in [-0.3, -0.25) is 0 Å². The molecule has 0 radical (unpaired) electrons. The van der Waals surface area contributed by atoms with E-state index in [0.717, 1.165) is 5.19 Å². The van der Waals surface area contributed by atoms with Gasteiger partial charge in [-0.15, -0.1) is 0 Å². The second-order valence-electron chi connectivity index (χ2n) is 6.56. The summed E-state index contributed by atoms with van der Waals surface area (Å²) >= 11 is 0. The Morgan fingerprint density at radius 3 is 1.47 bits per heavy atom. The molecule has 0 heterocycles. The number of hydrogen-bond acceptors (Lipinski definition) is 3. The van der Waals surface area contributed by atoms with Crippen molar-refractivity contribution < 1.29 is 12.7 Å². The molecule has 0 aromatic heterocycles. The normalized spacial score (nSPS) is 13.6. The molecule has 0 amide bonds. The van der Waals surface area contributed by atoms with Crippen LogP contribution in [0, 0.1) is 0 Å². The first-order valence-electron chi connectivity index (χ1n) is 6.59. The van der Waals surface area contributed by atoms with E-state index in [1.165, 1.54) is 0 Å². The number of rotatable bonds is 6. The van der Waals surface area contributed by atoms with E-state index in [4.69, 9.17) is 12.7 Å². The summed E-state index contributed by atoms with van der Waals surface area (Å²) in [6.07, 6.45) is 0. The van der Waals surface area contributed by atoms with Gasteiger partial charge < -0.3 is 12.7 Å². The van der Waals surface area contributed by atoms with Crippen molar-refractivity contribution >= 4 is 30.6 Å². The van der Waals surface area contributed by atoms with E-state index in [9.17, 15) is 0 Å². The van der Waals surface area contributed by atoms with Gasteiger partial charge in [0, 0.05) is 12.3 Å². The van der Waals surface area contributed by atoms with Crippen LogP contribution in [-0.4, -0.2) is 32.5 Å². The lowest BCUT2D eigenvalue weighted by atomic mass is 10.4. The first-order valence-corrected chi connectivity index (χ1v) is 15.1. The molecule has 6 heteroatoms. The summed E-state index contributed by atoms with van der Waals surface area (Å²) in [5, 5.41) is 1.06. The Hall–Kier alpha value is -0.249. The molecule has 1 aromatic rings. The van der Waals surface area contributed by atoms with Crippen LogP contribution in [0.15, 0.2) is 30.3 Å². The zero-order chi connectivity index (χ0) is 14.7. The predicted molar refractivity (Wildman–Crippen MR) is 87.7 cm³/mol. The fraction of sp³-hybridized carbons (Fsp3) is 0.538. The minimum absolute atomic E-state index is 1.06. The first kappa shape index (κ1) is 16.8. The molecular weight excluding hydrogens is 288 g/mol. The third-order valence-electron chi connectivity index (χ3n) is 2.28. The highest BCUT2D eigenvalue weighted by Crippen LogP contribution is 2.21. The summed E-state index contributed by atoms with van der Waals surface area (Å²) in [4.78, 5) is 0. The molecule has 0 atom stereocenters. The lowest BCUT2D eigenvalue weighted by molar-refractivity contribution is 0.218. The number of benzene rings is 1. The Labute approximate surface area is 120 Å². The molecule has 3 nitrogen and oxygen atoms in total. The van der Waals surface area contributed by atoms with Crippen LogP contribution in [0.1, 0.15) is 0 Å². The Balaban J connectivity index is 3.22. The fourth-order valence-corrected chi connectivity index (χ4v) is 11.2. The van der Waals surface area contributed by atoms with E-state index in [1.807, 2.05) is 18.2 Å². The molecule has 0 aliphatic carbocycles. The van der Waals surface area contributed by atoms with Gasteiger partial charge in [0.15, 0.2) is 16.6 Å². The molecule has 19 heavy (non-hydrogen) atoms. The Bertz CT molecular complexity index is 380. The zero-order valence-corrected chi connectivity index (χ0v) is 16.1.